The Balaban J connectivity index is 1.58. The molecule has 0 spiro atoms. The first kappa shape index (κ1) is 16.5. The highest BCUT2D eigenvalue weighted by molar-refractivity contribution is 7.21. The van der Waals surface area contributed by atoms with Crippen molar-refractivity contribution in [1.29, 1.82) is 0 Å². The number of aryl methyl sites for hydroxylation is 2. The Labute approximate surface area is 164 Å². The van der Waals surface area contributed by atoms with Crippen molar-refractivity contribution in [1.82, 2.24) is 19.9 Å². The minimum atomic E-state index is -0.160. The summed E-state index contributed by atoms with van der Waals surface area (Å²) in [6.45, 7) is 1.89. The van der Waals surface area contributed by atoms with Gasteiger partial charge < -0.3 is 11.1 Å². The van der Waals surface area contributed by atoms with Crippen molar-refractivity contribution in [2.45, 2.75) is 25.8 Å². The van der Waals surface area contributed by atoms with Crippen LogP contribution in [0, 0.1) is 6.92 Å². The Morgan fingerprint density at radius 2 is 2.22 bits per heavy atom. The quantitative estimate of drug-likeness (QED) is 0.537. The normalized spacial score (nSPS) is 16.1. The summed E-state index contributed by atoms with van der Waals surface area (Å²) in [7, 11) is 0. The van der Waals surface area contributed by atoms with Gasteiger partial charge in [-0.15, -0.1) is 21.5 Å². The predicted molar refractivity (Wildman–Crippen MR) is 107 cm³/mol. The molecule has 1 aliphatic carbocycles. The van der Waals surface area contributed by atoms with Crippen LogP contribution in [0.5, 0.6) is 0 Å². The third-order valence-electron chi connectivity index (χ3n) is 5.24. The summed E-state index contributed by atoms with van der Waals surface area (Å²) in [4.78, 5) is 14.3. The van der Waals surface area contributed by atoms with Crippen LogP contribution in [0.3, 0.4) is 0 Å². The minimum absolute atomic E-state index is 0.0120. The van der Waals surface area contributed by atoms with Gasteiger partial charge in [0.25, 0.3) is 5.91 Å². The summed E-state index contributed by atoms with van der Waals surface area (Å²) in [6, 6.07) is 8.24. The second-order valence-corrected chi connectivity index (χ2v) is 8.13. The first-order chi connectivity index (χ1) is 13.1. The molecule has 1 aliphatic rings. The van der Waals surface area contributed by atoms with Crippen molar-refractivity contribution in [3.8, 4) is 0 Å². The lowest BCUT2D eigenvalue weighted by Gasteiger charge is -2.13. The van der Waals surface area contributed by atoms with E-state index in [9.17, 15) is 4.79 Å². The van der Waals surface area contributed by atoms with Crippen LogP contribution >= 0.6 is 22.9 Å². The van der Waals surface area contributed by atoms with E-state index in [1.54, 1.807) is 10.7 Å². The number of carbonyl (C=O) groups excluding carboxylic acids is 1. The number of amides is 1. The second kappa shape index (κ2) is 5.94. The number of carbonyl (C=O) groups is 1. The Hall–Kier alpha value is -2.64. The van der Waals surface area contributed by atoms with Crippen molar-refractivity contribution in [2.24, 2.45) is 0 Å². The van der Waals surface area contributed by atoms with E-state index >= 15 is 0 Å². The zero-order chi connectivity index (χ0) is 18.7. The summed E-state index contributed by atoms with van der Waals surface area (Å²) >= 11 is 7.77. The molecule has 27 heavy (non-hydrogen) atoms. The van der Waals surface area contributed by atoms with Crippen molar-refractivity contribution in [2.75, 3.05) is 5.73 Å². The Kier molecular flexibility index (Phi) is 3.63. The van der Waals surface area contributed by atoms with E-state index in [-0.39, 0.29) is 11.9 Å². The van der Waals surface area contributed by atoms with Crippen LogP contribution in [0.2, 0.25) is 5.02 Å². The third kappa shape index (κ3) is 2.35. The number of rotatable bonds is 2. The van der Waals surface area contributed by atoms with Gasteiger partial charge in [-0.3, -0.25) is 9.20 Å². The third-order valence-corrected chi connectivity index (χ3v) is 6.89. The van der Waals surface area contributed by atoms with Gasteiger partial charge >= 0.3 is 0 Å². The largest absolute Gasteiger partial charge is 0.397 e. The standard InChI is InChI=1S/C19H16ClN5OS/c1-9-13-15(21)16(27-19(13)25-8-22-24-17(25)14(9)20)18(26)23-12-7-6-10-4-2-3-5-11(10)12/h2-5,8,12H,6-7,21H2,1H3,(H,23,26). The van der Waals surface area contributed by atoms with Crippen molar-refractivity contribution in [3.05, 3.63) is 57.2 Å². The van der Waals surface area contributed by atoms with E-state index in [1.165, 1.54) is 22.5 Å². The number of anilines is 1. The van der Waals surface area contributed by atoms with E-state index in [4.69, 9.17) is 17.3 Å². The zero-order valence-electron chi connectivity index (χ0n) is 14.5. The van der Waals surface area contributed by atoms with Gasteiger partial charge in [-0.25, -0.2) is 0 Å². The molecular formula is C19H16ClN5OS. The molecule has 8 heteroatoms. The van der Waals surface area contributed by atoms with Crippen LogP contribution in [0.1, 0.15) is 38.8 Å². The van der Waals surface area contributed by atoms with E-state index in [2.05, 4.69) is 27.6 Å². The lowest BCUT2D eigenvalue weighted by atomic mass is 10.1. The van der Waals surface area contributed by atoms with E-state index < -0.39 is 0 Å². The molecule has 3 aromatic heterocycles. The topological polar surface area (TPSA) is 85.3 Å². The highest BCUT2D eigenvalue weighted by atomic mass is 35.5. The van der Waals surface area contributed by atoms with Crippen LogP contribution in [-0.4, -0.2) is 20.5 Å². The van der Waals surface area contributed by atoms with E-state index in [1.807, 2.05) is 19.1 Å². The maximum atomic E-state index is 13.0. The molecule has 6 nitrogen and oxygen atoms in total. The smallest absolute Gasteiger partial charge is 0.264 e. The highest BCUT2D eigenvalue weighted by Gasteiger charge is 2.27. The van der Waals surface area contributed by atoms with Gasteiger partial charge in [-0.1, -0.05) is 35.9 Å². The number of aromatic nitrogens is 3. The Morgan fingerprint density at radius 1 is 1.41 bits per heavy atom. The monoisotopic (exact) mass is 397 g/mol. The molecule has 0 radical (unpaired) electrons. The van der Waals surface area contributed by atoms with Gasteiger partial charge in [0, 0.05) is 5.39 Å². The van der Waals surface area contributed by atoms with Crippen molar-refractivity contribution >= 4 is 50.4 Å². The van der Waals surface area contributed by atoms with Gasteiger partial charge in [-0.2, -0.15) is 0 Å². The molecule has 4 aromatic rings. The average Bonchev–Trinajstić information content (AvgIpc) is 3.37. The molecule has 0 fully saturated rings. The number of thiophene rings is 1. The molecule has 136 valence electrons. The maximum Gasteiger partial charge on any atom is 0.264 e. The van der Waals surface area contributed by atoms with E-state index in [0.29, 0.717) is 21.2 Å². The summed E-state index contributed by atoms with van der Waals surface area (Å²) in [5, 5.41) is 12.4. The number of benzene rings is 1. The highest BCUT2D eigenvalue weighted by Crippen LogP contribution is 2.40. The van der Waals surface area contributed by atoms with Crippen LogP contribution in [0.4, 0.5) is 5.69 Å². The molecule has 1 amide bonds. The predicted octanol–water partition coefficient (Wildman–Crippen LogP) is 3.91. The fourth-order valence-corrected chi connectivity index (χ4v) is 5.25. The van der Waals surface area contributed by atoms with Crippen LogP contribution in [0.25, 0.3) is 15.9 Å². The average molecular weight is 398 g/mol. The molecule has 1 atom stereocenters. The van der Waals surface area contributed by atoms with Crippen molar-refractivity contribution < 1.29 is 4.79 Å². The molecule has 0 bridgehead atoms. The van der Waals surface area contributed by atoms with Crippen molar-refractivity contribution in [3.63, 3.8) is 0 Å². The van der Waals surface area contributed by atoms with Gasteiger partial charge in [0.15, 0.2) is 5.65 Å². The SMILES string of the molecule is Cc1c(Cl)c2nncn2c2sc(C(=O)NC3CCc4ccccc43)c(N)c12. The van der Waals surface area contributed by atoms with Crippen LogP contribution in [-0.2, 0) is 6.42 Å². The number of fused-ring (bicyclic) bond motifs is 4. The molecular weight excluding hydrogens is 382 g/mol. The fourth-order valence-electron chi connectivity index (χ4n) is 3.87. The number of pyridine rings is 1. The van der Waals surface area contributed by atoms with Gasteiger partial charge in [-0.05, 0) is 36.5 Å². The number of hydrogen-bond donors (Lipinski definition) is 2. The van der Waals surface area contributed by atoms with E-state index in [0.717, 1.165) is 28.6 Å². The molecule has 5 rings (SSSR count). The first-order valence-electron chi connectivity index (χ1n) is 8.64. The first-order valence-corrected chi connectivity index (χ1v) is 9.84. The molecule has 0 aliphatic heterocycles. The van der Waals surface area contributed by atoms with Gasteiger partial charge in [0.1, 0.15) is 16.0 Å². The lowest BCUT2D eigenvalue weighted by molar-refractivity contribution is 0.0941. The van der Waals surface area contributed by atoms with Gasteiger partial charge in [0.2, 0.25) is 0 Å². The number of nitrogens with two attached hydrogens (primary N) is 1. The summed E-state index contributed by atoms with van der Waals surface area (Å²) in [5.74, 6) is -0.160. The molecule has 0 saturated heterocycles. The number of nitrogens with one attached hydrogen (secondary N) is 1. The van der Waals surface area contributed by atoms with Gasteiger partial charge in [0.05, 0.1) is 16.8 Å². The molecule has 3 N–H and O–H groups in total. The second-order valence-electron chi connectivity index (χ2n) is 6.75. The Morgan fingerprint density at radius 3 is 3.07 bits per heavy atom. The molecule has 3 heterocycles. The molecule has 1 unspecified atom stereocenters. The number of nitrogens with zero attached hydrogens (tertiary/aromatic N) is 3. The van der Waals surface area contributed by atoms with Crippen LogP contribution < -0.4 is 11.1 Å². The lowest BCUT2D eigenvalue weighted by Crippen LogP contribution is -2.27. The minimum Gasteiger partial charge on any atom is -0.397 e. The summed E-state index contributed by atoms with van der Waals surface area (Å²) < 4.78 is 1.79. The molecule has 1 aromatic carbocycles. The fraction of sp³-hybridized carbons (Fsp3) is 0.211. The Bertz CT molecular complexity index is 1230. The summed E-state index contributed by atoms with van der Waals surface area (Å²) in [5.41, 5.74) is 10.7. The number of halogens is 1. The number of hydrogen-bond acceptors (Lipinski definition) is 5. The summed E-state index contributed by atoms with van der Waals surface area (Å²) in [6.07, 6.45) is 3.46. The number of nitrogen functional groups attached to an aromatic ring is 1. The molecule has 0 saturated carbocycles. The zero-order valence-corrected chi connectivity index (χ0v) is 16.1. The van der Waals surface area contributed by atoms with Crippen LogP contribution in [0.15, 0.2) is 30.6 Å². The maximum absolute atomic E-state index is 13.0.